The molecular weight excluding hydrogens is 675 g/mol. The van der Waals surface area contributed by atoms with Gasteiger partial charge in [0.25, 0.3) is 11.8 Å². The summed E-state index contributed by atoms with van der Waals surface area (Å²) >= 11 is 5.21. The number of hydrogen-bond acceptors (Lipinski definition) is 7. The van der Waals surface area contributed by atoms with Gasteiger partial charge in [-0.25, -0.2) is 0 Å². The third-order valence-electron chi connectivity index (χ3n) is 9.38. The molecule has 0 saturated carbocycles. The van der Waals surface area contributed by atoms with Crippen molar-refractivity contribution in [3.8, 4) is 16.5 Å². The highest BCUT2D eigenvalue weighted by Gasteiger charge is 2.36. The molecule has 2 amide bonds. The van der Waals surface area contributed by atoms with Crippen LogP contribution in [0.2, 0.25) is 0 Å². The summed E-state index contributed by atoms with van der Waals surface area (Å²) in [7, 11) is 0. The van der Waals surface area contributed by atoms with E-state index in [0.29, 0.717) is 17.7 Å². The zero-order valence-corrected chi connectivity index (χ0v) is 30.8. The molecule has 7 rings (SSSR count). The molecule has 1 aliphatic rings. The molecule has 6 aromatic rings. The molecule has 1 aliphatic heterocycles. The molecule has 4 heterocycles. The summed E-state index contributed by atoms with van der Waals surface area (Å²) in [4.78, 5) is 32.8. The first-order chi connectivity index (χ1) is 24.4. The van der Waals surface area contributed by atoms with E-state index in [1.165, 1.54) is 34.1 Å². The Bertz CT molecular complexity index is 2250. The van der Waals surface area contributed by atoms with Crippen molar-refractivity contribution in [2.24, 2.45) is 5.92 Å². The summed E-state index contributed by atoms with van der Waals surface area (Å²) < 4.78 is 4.87. The van der Waals surface area contributed by atoms with Gasteiger partial charge in [0.15, 0.2) is 0 Å². The summed E-state index contributed by atoms with van der Waals surface area (Å²) in [5, 5.41) is 9.90. The molecule has 0 saturated heterocycles. The minimum atomic E-state index is -0.469. The van der Waals surface area contributed by atoms with Crippen LogP contribution in [0.15, 0.2) is 114 Å². The molecular formula is C42H37N3O2S3. The molecule has 3 aromatic carbocycles. The second kappa shape index (κ2) is 14.6. The van der Waals surface area contributed by atoms with E-state index < -0.39 is 5.91 Å². The lowest BCUT2D eigenvalue weighted by atomic mass is 9.92. The van der Waals surface area contributed by atoms with E-state index >= 15 is 0 Å². The second-order valence-corrected chi connectivity index (χ2v) is 15.8. The quantitative estimate of drug-likeness (QED) is 0.0991. The smallest absolute Gasteiger partial charge is 0.271 e. The van der Waals surface area contributed by atoms with Crippen LogP contribution in [0.1, 0.15) is 51.3 Å². The van der Waals surface area contributed by atoms with Crippen LogP contribution >= 0.6 is 34.0 Å². The molecule has 0 aliphatic carbocycles. The lowest BCUT2D eigenvalue weighted by molar-refractivity contribution is -0.141. The zero-order valence-electron chi connectivity index (χ0n) is 28.3. The van der Waals surface area contributed by atoms with Crippen LogP contribution < -0.4 is 4.90 Å². The summed E-state index contributed by atoms with van der Waals surface area (Å²) in [5.41, 5.74) is 5.43. The van der Waals surface area contributed by atoms with Gasteiger partial charge in [0.2, 0.25) is 0 Å². The Morgan fingerprint density at radius 1 is 0.800 bits per heavy atom. The highest BCUT2D eigenvalue weighted by molar-refractivity contribution is 7.39. The van der Waals surface area contributed by atoms with Gasteiger partial charge in [-0.1, -0.05) is 81.6 Å². The van der Waals surface area contributed by atoms with E-state index in [4.69, 9.17) is 0 Å². The van der Waals surface area contributed by atoms with Gasteiger partial charge in [-0.15, -0.1) is 34.0 Å². The Morgan fingerprint density at radius 2 is 1.42 bits per heavy atom. The third-order valence-corrected chi connectivity index (χ3v) is 13.1. The summed E-state index contributed by atoms with van der Waals surface area (Å²) in [6, 6.07) is 36.1. The fraction of sp³-hybridized carbons (Fsp3) is 0.214. The number of amides is 2. The standard InChI is InChI=1S/C42H37N3O2S3/c1-4-6-13-28(5-2)26-44-41(46)34(27(3)35(25-43)42(44)47)22-33-23-37-39(48-33)40-38(49-37)24-36(50-40)29-18-20-32(21-19-29)45(30-14-9-7-10-15-30)31-16-11-8-12-17-31/h7-12,14-24,28H,4-6,13,26H2,1-3H3. The van der Waals surface area contributed by atoms with E-state index in [9.17, 15) is 14.9 Å². The van der Waals surface area contributed by atoms with E-state index in [0.717, 1.165) is 47.6 Å². The first kappa shape index (κ1) is 33.7. The van der Waals surface area contributed by atoms with E-state index in [-0.39, 0.29) is 17.4 Å². The van der Waals surface area contributed by atoms with Gasteiger partial charge in [0, 0.05) is 48.3 Å². The highest BCUT2D eigenvalue weighted by atomic mass is 32.1. The third kappa shape index (κ3) is 6.45. The van der Waals surface area contributed by atoms with Gasteiger partial charge in [-0.3, -0.25) is 14.5 Å². The molecule has 0 radical (unpaired) electrons. The summed E-state index contributed by atoms with van der Waals surface area (Å²) in [5.74, 6) is -0.551. The number of thiophene rings is 3. The predicted molar refractivity (Wildman–Crippen MR) is 212 cm³/mol. The Balaban J connectivity index is 1.18. The van der Waals surface area contributed by atoms with Crippen LogP contribution in [-0.2, 0) is 9.59 Å². The van der Waals surface area contributed by atoms with Gasteiger partial charge >= 0.3 is 0 Å². The second-order valence-electron chi connectivity index (χ2n) is 12.6. The number of carbonyl (C=O) groups excluding carboxylic acids is 2. The fourth-order valence-corrected chi connectivity index (χ4v) is 10.5. The highest BCUT2D eigenvalue weighted by Crippen LogP contribution is 2.47. The summed E-state index contributed by atoms with van der Waals surface area (Å²) in [6.45, 7) is 6.30. The number of nitrogens with zero attached hydrogens (tertiary/aromatic N) is 3. The monoisotopic (exact) mass is 711 g/mol. The van der Waals surface area contributed by atoms with Crippen LogP contribution in [0.3, 0.4) is 0 Å². The molecule has 50 heavy (non-hydrogen) atoms. The van der Waals surface area contributed by atoms with Crippen molar-refractivity contribution < 1.29 is 9.59 Å². The number of benzene rings is 3. The predicted octanol–water partition coefficient (Wildman–Crippen LogP) is 12.1. The first-order valence-electron chi connectivity index (χ1n) is 17.1. The first-order valence-corrected chi connectivity index (χ1v) is 19.5. The van der Waals surface area contributed by atoms with Gasteiger partial charge in [0.1, 0.15) is 11.6 Å². The number of fused-ring (bicyclic) bond motifs is 3. The number of imide groups is 1. The molecule has 1 atom stereocenters. The van der Waals surface area contributed by atoms with Gasteiger partial charge in [0.05, 0.1) is 9.40 Å². The maximum atomic E-state index is 13.8. The van der Waals surface area contributed by atoms with Crippen LogP contribution in [0, 0.1) is 17.2 Å². The van der Waals surface area contributed by atoms with E-state index in [2.05, 4.69) is 110 Å². The number of para-hydroxylation sites is 2. The average molecular weight is 712 g/mol. The topological polar surface area (TPSA) is 64.4 Å². The molecule has 0 spiro atoms. The number of carbonyl (C=O) groups is 2. The Hall–Kier alpha value is -4.81. The Labute approximate surface area is 305 Å². The minimum absolute atomic E-state index is 0.0616. The maximum absolute atomic E-state index is 13.8. The Morgan fingerprint density at radius 3 is 2.04 bits per heavy atom. The maximum Gasteiger partial charge on any atom is 0.271 e. The SMILES string of the molecule is CCCCC(CC)CN1C(=O)C(=Cc2cc3sc4cc(-c5ccc(N(c6ccccc6)c6ccccc6)cc5)sc4c3s2)C(C)=C(C#N)C1=O. The Kier molecular flexibility index (Phi) is 9.82. The zero-order chi connectivity index (χ0) is 34.8. The van der Waals surface area contributed by atoms with Crippen molar-refractivity contribution in [3.63, 3.8) is 0 Å². The summed E-state index contributed by atoms with van der Waals surface area (Å²) in [6.07, 6.45) is 5.83. The van der Waals surface area contributed by atoms with Gasteiger partial charge in [-0.2, -0.15) is 5.26 Å². The van der Waals surface area contributed by atoms with Gasteiger partial charge < -0.3 is 4.90 Å². The molecule has 5 nitrogen and oxygen atoms in total. The number of unbranched alkanes of at least 4 members (excludes halogenated alkanes) is 1. The number of hydrogen-bond donors (Lipinski definition) is 0. The normalized spacial score (nSPS) is 15.0. The molecule has 0 fully saturated rings. The van der Waals surface area contributed by atoms with Crippen molar-refractivity contribution >= 4 is 87.8 Å². The van der Waals surface area contributed by atoms with Crippen molar-refractivity contribution in [2.75, 3.05) is 11.4 Å². The lowest BCUT2D eigenvalue weighted by Crippen LogP contribution is -2.45. The molecule has 0 bridgehead atoms. The molecule has 1 unspecified atom stereocenters. The van der Waals surface area contributed by atoms with E-state index in [1.807, 2.05) is 18.2 Å². The van der Waals surface area contributed by atoms with Crippen LogP contribution in [-0.4, -0.2) is 23.3 Å². The van der Waals surface area contributed by atoms with Crippen LogP contribution in [0.5, 0.6) is 0 Å². The van der Waals surface area contributed by atoms with Gasteiger partial charge in [-0.05, 0) is 85.0 Å². The van der Waals surface area contributed by atoms with E-state index in [1.54, 1.807) is 40.9 Å². The number of rotatable bonds is 11. The molecule has 3 aromatic heterocycles. The van der Waals surface area contributed by atoms with Crippen LogP contribution in [0.25, 0.3) is 35.3 Å². The fourth-order valence-electron chi connectivity index (χ4n) is 6.56. The number of nitriles is 1. The van der Waals surface area contributed by atoms with Crippen molar-refractivity contribution in [1.82, 2.24) is 4.90 Å². The van der Waals surface area contributed by atoms with Crippen molar-refractivity contribution in [1.29, 1.82) is 5.26 Å². The minimum Gasteiger partial charge on any atom is -0.311 e. The van der Waals surface area contributed by atoms with Crippen LogP contribution in [0.4, 0.5) is 17.1 Å². The molecule has 250 valence electrons. The lowest BCUT2D eigenvalue weighted by Gasteiger charge is -2.30. The number of anilines is 3. The average Bonchev–Trinajstić information content (AvgIpc) is 3.82. The largest absolute Gasteiger partial charge is 0.311 e. The molecule has 8 heteroatoms. The molecule has 0 N–H and O–H groups in total. The van der Waals surface area contributed by atoms with Crippen molar-refractivity contribution in [2.45, 2.75) is 46.5 Å². The van der Waals surface area contributed by atoms with Crippen molar-refractivity contribution in [3.05, 3.63) is 119 Å².